The second-order valence-electron chi connectivity index (χ2n) is 3.63. The van der Waals surface area contributed by atoms with Crippen LogP contribution in [-0.2, 0) is 7.05 Å². The van der Waals surface area contributed by atoms with Crippen molar-refractivity contribution in [3.8, 4) is 0 Å². The molecule has 104 valence electrons. The summed E-state index contributed by atoms with van der Waals surface area (Å²) in [4.78, 5) is 22.2. The zero-order valence-electron chi connectivity index (χ0n) is 10.1. The third kappa shape index (κ3) is 3.03. The molecule has 0 radical (unpaired) electrons. The Bertz CT molecular complexity index is 693. The molecule has 0 spiro atoms. The summed E-state index contributed by atoms with van der Waals surface area (Å²) in [5.74, 6) is -0.814. The molecule has 0 fully saturated rings. The lowest BCUT2D eigenvalue weighted by Crippen LogP contribution is -2.19. The number of halogens is 1. The van der Waals surface area contributed by atoms with E-state index in [4.69, 9.17) is 0 Å². The van der Waals surface area contributed by atoms with Gasteiger partial charge in [0.2, 0.25) is 5.69 Å². The summed E-state index contributed by atoms with van der Waals surface area (Å²) in [5, 5.41) is 17.6. The van der Waals surface area contributed by atoms with E-state index in [1.807, 2.05) is 0 Å². The Morgan fingerprint density at radius 1 is 1.65 bits per heavy atom. The number of aryl methyl sites for hydroxylation is 1. The number of hydrazone groups is 1. The molecule has 0 unspecified atom stereocenters. The molecule has 8 nitrogen and oxygen atoms in total. The summed E-state index contributed by atoms with van der Waals surface area (Å²) < 4.78 is 13.9. The summed E-state index contributed by atoms with van der Waals surface area (Å²) in [7, 11) is 1.46. The molecule has 0 bridgehead atoms. The lowest BCUT2D eigenvalue weighted by molar-refractivity contribution is -0.385. The van der Waals surface area contributed by atoms with Crippen LogP contribution in [0.2, 0.25) is 0 Å². The van der Waals surface area contributed by atoms with Gasteiger partial charge in [-0.05, 0) is 12.1 Å². The van der Waals surface area contributed by atoms with Crippen molar-refractivity contribution in [2.24, 2.45) is 12.1 Å². The summed E-state index contributed by atoms with van der Waals surface area (Å²) in [6.07, 6.45) is 2.35. The molecule has 1 amide bonds. The predicted molar refractivity (Wildman–Crippen MR) is 69.2 cm³/mol. The Kier molecular flexibility index (Phi) is 3.84. The van der Waals surface area contributed by atoms with Crippen molar-refractivity contribution in [1.82, 2.24) is 15.2 Å². The van der Waals surface area contributed by atoms with Gasteiger partial charge >= 0.3 is 5.69 Å². The second-order valence-corrected chi connectivity index (χ2v) is 4.70. The first kappa shape index (κ1) is 13.8. The highest BCUT2D eigenvalue weighted by atomic mass is 32.1. The first-order chi connectivity index (χ1) is 9.47. The number of nitro groups is 1. The first-order valence-electron chi connectivity index (χ1n) is 5.24. The minimum absolute atomic E-state index is 0.341. The Morgan fingerprint density at radius 3 is 3.00 bits per heavy atom. The number of nitrogens with one attached hydrogen (secondary N) is 1. The number of carbonyl (C=O) groups is 1. The number of carbonyl (C=O) groups excluding carboxylic acids is 1. The number of hydrogen-bond donors (Lipinski definition) is 1. The van der Waals surface area contributed by atoms with Crippen molar-refractivity contribution in [3.63, 3.8) is 0 Å². The highest BCUT2D eigenvalue weighted by molar-refractivity contribution is 7.12. The van der Waals surface area contributed by atoms with Gasteiger partial charge in [-0.15, -0.1) is 11.3 Å². The Labute approximate surface area is 115 Å². The van der Waals surface area contributed by atoms with Gasteiger partial charge in [0, 0.05) is 7.05 Å². The van der Waals surface area contributed by atoms with Gasteiger partial charge in [0.25, 0.3) is 5.91 Å². The third-order valence-electron chi connectivity index (χ3n) is 2.17. The molecule has 0 aliphatic heterocycles. The van der Waals surface area contributed by atoms with Crippen LogP contribution >= 0.6 is 11.3 Å². The maximum Gasteiger partial charge on any atom is 0.320 e. The summed E-state index contributed by atoms with van der Waals surface area (Å²) in [6, 6.07) is 2.75. The van der Waals surface area contributed by atoms with Crippen LogP contribution in [0, 0.1) is 15.2 Å². The molecule has 1 N–H and O–H groups in total. The minimum Gasteiger partial charge on any atom is -0.268 e. The fourth-order valence-corrected chi connectivity index (χ4v) is 1.98. The highest BCUT2D eigenvalue weighted by Gasteiger charge is 2.24. The second kappa shape index (κ2) is 5.57. The molecule has 0 saturated carbocycles. The summed E-state index contributed by atoms with van der Waals surface area (Å²) in [5.41, 5.74) is 1.34. The number of amides is 1. The van der Waals surface area contributed by atoms with Crippen LogP contribution in [0.5, 0.6) is 0 Å². The van der Waals surface area contributed by atoms with Crippen molar-refractivity contribution < 1.29 is 14.1 Å². The molecule has 10 heteroatoms. The molecule has 2 aromatic rings. The van der Waals surface area contributed by atoms with Gasteiger partial charge < -0.3 is 0 Å². The molecule has 0 aromatic carbocycles. The number of aromatic nitrogens is 2. The van der Waals surface area contributed by atoms with Crippen molar-refractivity contribution in [2.45, 2.75) is 0 Å². The standard InChI is InChI=1S/C10H8FN5O3S/c1-15-5-7(16(18)19)9(14-15)10(17)13-12-4-6-2-3-8(11)20-6/h2-5H,1H3,(H,13,17). The molecule has 0 aliphatic rings. The normalized spacial score (nSPS) is 10.9. The maximum atomic E-state index is 12.7. The zero-order chi connectivity index (χ0) is 14.7. The van der Waals surface area contributed by atoms with E-state index in [-0.39, 0.29) is 10.8 Å². The summed E-state index contributed by atoms with van der Waals surface area (Å²) in [6.45, 7) is 0. The van der Waals surface area contributed by atoms with Crippen LogP contribution in [0.25, 0.3) is 0 Å². The quantitative estimate of drug-likeness (QED) is 0.522. The average Bonchev–Trinajstić information content (AvgIpc) is 2.95. The molecule has 0 atom stereocenters. The molecule has 0 aliphatic carbocycles. The van der Waals surface area contributed by atoms with Gasteiger partial charge in [-0.25, -0.2) is 5.43 Å². The van der Waals surface area contributed by atoms with Crippen LogP contribution < -0.4 is 5.43 Å². The average molecular weight is 297 g/mol. The fraction of sp³-hybridized carbons (Fsp3) is 0.100. The lowest BCUT2D eigenvalue weighted by Gasteiger charge is -1.94. The largest absolute Gasteiger partial charge is 0.320 e. The van der Waals surface area contributed by atoms with Crippen LogP contribution in [0.15, 0.2) is 23.4 Å². The van der Waals surface area contributed by atoms with E-state index in [1.165, 1.54) is 25.4 Å². The Morgan fingerprint density at radius 2 is 2.40 bits per heavy atom. The van der Waals surface area contributed by atoms with Gasteiger partial charge in [-0.3, -0.25) is 19.6 Å². The van der Waals surface area contributed by atoms with E-state index in [9.17, 15) is 19.3 Å². The minimum atomic E-state index is -0.814. The predicted octanol–water partition coefficient (Wildman–Crippen LogP) is 1.29. The van der Waals surface area contributed by atoms with Crippen molar-refractivity contribution in [1.29, 1.82) is 0 Å². The third-order valence-corrected chi connectivity index (χ3v) is 2.98. The number of nitrogens with zero attached hydrogens (tertiary/aromatic N) is 4. The molecule has 0 saturated heterocycles. The SMILES string of the molecule is Cn1cc([N+](=O)[O-])c(C(=O)NN=Cc2ccc(F)s2)n1. The monoisotopic (exact) mass is 297 g/mol. The van der Waals surface area contributed by atoms with Gasteiger partial charge in [0.1, 0.15) is 6.20 Å². The summed E-state index contributed by atoms with van der Waals surface area (Å²) >= 11 is 0.852. The van der Waals surface area contributed by atoms with Crippen molar-refractivity contribution in [2.75, 3.05) is 0 Å². The van der Waals surface area contributed by atoms with Crippen LogP contribution in [-0.4, -0.2) is 26.8 Å². The fourth-order valence-electron chi connectivity index (χ4n) is 1.38. The number of rotatable bonds is 4. The van der Waals surface area contributed by atoms with Crippen LogP contribution in [0.4, 0.5) is 10.1 Å². The van der Waals surface area contributed by atoms with Crippen LogP contribution in [0.1, 0.15) is 15.4 Å². The van der Waals surface area contributed by atoms with Crippen molar-refractivity contribution >= 4 is 29.1 Å². The Hall–Kier alpha value is -2.62. The van der Waals surface area contributed by atoms with Gasteiger partial charge in [0.05, 0.1) is 16.0 Å². The molecule has 2 rings (SSSR count). The molecule has 2 heterocycles. The topological polar surface area (TPSA) is 102 Å². The first-order valence-corrected chi connectivity index (χ1v) is 6.06. The van der Waals surface area contributed by atoms with E-state index >= 15 is 0 Å². The smallest absolute Gasteiger partial charge is 0.268 e. The van der Waals surface area contributed by atoms with Gasteiger partial charge in [-0.2, -0.15) is 14.6 Å². The van der Waals surface area contributed by atoms with E-state index < -0.39 is 16.5 Å². The number of hydrogen-bond acceptors (Lipinski definition) is 6. The van der Waals surface area contributed by atoms with E-state index in [0.717, 1.165) is 22.2 Å². The van der Waals surface area contributed by atoms with E-state index in [1.54, 1.807) is 0 Å². The van der Waals surface area contributed by atoms with E-state index in [0.29, 0.717) is 4.88 Å². The van der Waals surface area contributed by atoms with E-state index in [2.05, 4.69) is 15.6 Å². The molecular weight excluding hydrogens is 289 g/mol. The van der Waals surface area contributed by atoms with Crippen LogP contribution in [0.3, 0.4) is 0 Å². The number of thiophene rings is 1. The molecular formula is C10H8FN5O3S. The highest BCUT2D eigenvalue weighted by Crippen LogP contribution is 2.15. The Balaban J connectivity index is 2.09. The van der Waals surface area contributed by atoms with Crippen molar-refractivity contribution in [3.05, 3.63) is 44.1 Å². The van der Waals surface area contributed by atoms with Gasteiger partial charge in [-0.1, -0.05) is 0 Å². The van der Waals surface area contributed by atoms with Gasteiger partial charge in [0.15, 0.2) is 5.13 Å². The molecule has 20 heavy (non-hydrogen) atoms. The molecule has 2 aromatic heterocycles. The zero-order valence-corrected chi connectivity index (χ0v) is 10.9. The lowest BCUT2D eigenvalue weighted by atomic mass is 10.3. The maximum absolute atomic E-state index is 12.7.